The van der Waals surface area contributed by atoms with E-state index in [1.165, 1.54) is 5.56 Å². The van der Waals surface area contributed by atoms with E-state index in [0.717, 1.165) is 49.9 Å². The molecule has 0 atom stereocenters. The summed E-state index contributed by atoms with van der Waals surface area (Å²) < 4.78 is 8.35. The molecule has 0 spiro atoms. The third-order valence-electron chi connectivity index (χ3n) is 3.68. The molecule has 3 rings (SSSR count). The van der Waals surface area contributed by atoms with Gasteiger partial charge in [0.1, 0.15) is 0 Å². The maximum Gasteiger partial charge on any atom is 0.177 e. The second kappa shape index (κ2) is 6.35. The summed E-state index contributed by atoms with van der Waals surface area (Å²) in [5.74, 6) is 0. The Balaban J connectivity index is 1.76. The van der Waals surface area contributed by atoms with Crippen LogP contribution >= 0.6 is 12.2 Å². The fourth-order valence-electron chi connectivity index (χ4n) is 2.53. The first-order chi connectivity index (χ1) is 9.84. The van der Waals surface area contributed by atoms with Crippen molar-refractivity contribution in [2.75, 3.05) is 32.8 Å². The minimum Gasteiger partial charge on any atom is -0.379 e. The molecular formula is C15H19N3OS. The average Bonchev–Trinajstić information content (AvgIpc) is 2.88. The van der Waals surface area contributed by atoms with E-state index in [4.69, 9.17) is 17.0 Å². The highest BCUT2D eigenvalue weighted by Crippen LogP contribution is 2.19. The normalized spacial score (nSPS) is 16.4. The van der Waals surface area contributed by atoms with Crippen LogP contribution in [-0.4, -0.2) is 47.3 Å². The zero-order valence-corrected chi connectivity index (χ0v) is 12.2. The Labute approximate surface area is 124 Å². The zero-order valence-electron chi connectivity index (χ0n) is 11.4. The van der Waals surface area contributed by atoms with Gasteiger partial charge in [-0.15, -0.1) is 0 Å². The van der Waals surface area contributed by atoms with Crippen LogP contribution in [0.1, 0.15) is 0 Å². The Morgan fingerprint density at radius 1 is 1.10 bits per heavy atom. The summed E-state index contributed by atoms with van der Waals surface area (Å²) in [6.45, 7) is 5.62. The van der Waals surface area contributed by atoms with Gasteiger partial charge in [-0.1, -0.05) is 30.3 Å². The van der Waals surface area contributed by atoms with Gasteiger partial charge in [0.15, 0.2) is 4.77 Å². The van der Waals surface area contributed by atoms with Gasteiger partial charge in [-0.25, -0.2) is 0 Å². The van der Waals surface area contributed by atoms with Crippen LogP contribution in [0.5, 0.6) is 0 Å². The third kappa shape index (κ3) is 3.00. The predicted octanol–water partition coefficient (Wildman–Crippen LogP) is 2.54. The Morgan fingerprint density at radius 2 is 1.85 bits per heavy atom. The van der Waals surface area contributed by atoms with Crippen LogP contribution in [0.4, 0.5) is 0 Å². The van der Waals surface area contributed by atoms with E-state index in [2.05, 4.69) is 38.7 Å². The highest BCUT2D eigenvalue weighted by Gasteiger charge is 2.12. The van der Waals surface area contributed by atoms with Crippen LogP contribution in [0.3, 0.4) is 0 Å². The molecule has 5 heteroatoms. The first-order valence-corrected chi connectivity index (χ1v) is 7.39. The van der Waals surface area contributed by atoms with Crippen molar-refractivity contribution in [1.29, 1.82) is 0 Å². The van der Waals surface area contributed by atoms with E-state index in [1.807, 2.05) is 12.3 Å². The molecule has 1 fully saturated rings. The molecule has 2 aromatic rings. The summed E-state index contributed by atoms with van der Waals surface area (Å²) in [5.41, 5.74) is 2.35. The lowest BCUT2D eigenvalue weighted by molar-refractivity contribution is 0.0364. The van der Waals surface area contributed by atoms with Gasteiger partial charge < -0.3 is 14.3 Å². The highest BCUT2D eigenvalue weighted by atomic mass is 32.1. The average molecular weight is 289 g/mol. The first-order valence-electron chi connectivity index (χ1n) is 6.98. The quantitative estimate of drug-likeness (QED) is 0.878. The number of nitrogens with zero attached hydrogens (tertiary/aromatic N) is 2. The lowest BCUT2D eigenvalue weighted by Crippen LogP contribution is -2.38. The molecule has 1 aromatic heterocycles. The first kappa shape index (κ1) is 13.5. The van der Waals surface area contributed by atoms with Crippen molar-refractivity contribution < 1.29 is 4.74 Å². The smallest absolute Gasteiger partial charge is 0.177 e. The Hall–Kier alpha value is -1.43. The van der Waals surface area contributed by atoms with Crippen molar-refractivity contribution in [3.05, 3.63) is 41.3 Å². The second-order valence-electron chi connectivity index (χ2n) is 4.95. The monoisotopic (exact) mass is 289 g/mol. The van der Waals surface area contributed by atoms with Gasteiger partial charge >= 0.3 is 0 Å². The van der Waals surface area contributed by atoms with Gasteiger partial charge in [-0.3, -0.25) is 4.90 Å². The van der Waals surface area contributed by atoms with Gasteiger partial charge in [0.05, 0.1) is 18.9 Å². The summed E-state index contributed by atoms with van der Waals surface area (Å²) in [4.78, 5) is 5.58. The molecule has 1 saturated heterocycles. The number of imidazole rings is 1. The SMILES string of the molecule is S=c1[nH]cc(-c2ccccc2)n1CCN1CCOCC1. The molecule has 1 aliphatic rings. The number of H-pyrrole nitrogens is 1. The molecule has 1 aromatic carbocycles. The third-order valence-corrected chi connectivity index (χ3v) is 4.02. The van der Waals surface area contributed by atoms with Gasteiger partial charge in [-0.05, 0) is 17.8 Å². The van der Waals surface area contributed by atoms with E-state index >= 15 is 0 Å². The van der Waals surface area contributed by atoms with Crippen LogP contribution in [0.25, 0.3) is 11.3 Å². The van der Waals surface area contributed by atoms with Gasteiger partial charge in [0.25, 0.3) is 0 Å². The number of aromatic amines is 1. The molecule has 20 heavy (non-hydrogen) atoms. The summed E-state index contributed by atoms with van der Waals surface area (Å²) in [7, 11) is 0. The largest absolute Gasteiger partial charge is 0.379 e. The molecule has 0 radical (unpaired) electrons. The topological polar surface area (TPSA) is 33.2 Å². The molecule has 0 saturated carbocycles. The van der Waals surface area contributed by atoms with Crippen molar-refractivity contribution in [2.24, 2.45) is 0 Å². The van der Waals surface area contributed by atoms with Gasteiger partial charge in [0, 0.05) is 32.4 Å². The van der Waals surface area contributed by atoms with Crippen molar-refractivity contribution in [1.82, 2.24) is 14.5 Å². The zero-order chi connectivity index (χ0) is 13.8. The summed E-state index contributed by atoms with van der Waals surface area (Å²) >= 11 is 5.40. The summed E-state index contributed by atoms with van der Waals surface area (Å²) in [5, 5.41) is 0. The molecular weight excluding hydrogens is 270 g/mol. The molecule has 2 heterocycles. The maximum atomic E-state index is 5.40. The lowest BCUT2D eigenvalue weighted by Gasteiger charge is -2.26. The molecule has 0 amide bonds. The Bertz CT molecular complexity index is 599. The van der Waals surface area contributed by atoms with Crippen LogP contribution in [0.15, 0.2) is 36.5 Å². The fourth-order valence-corrected chi connectivity index (χ4v) is 2.78. The number of benzene rings is 1. The molecule has 1 N–H and O–H groups in total. The summed E-state index contributed by atoms with van der Waals surface area (Å²) in [6.07, 6.45) is 2.00. The molecule has 0 aliphatic carbocycles. The van der Waals surface area contributed by atoms with Crippen LogP contribution in [-0.2, 0) is 11.3 Å². The minimum atomic E-state index is 0.789. The number of hydrogen-bond acceptors (Lipinski definition) is 3. The van der Waals surface area contributed by atoms with Gasteiger partial charge in [-0.2, -0.15) is 0 Å². The Kier molecular flexibility index (Phi) is 4.30. The lowest BCUT2D eigenvalue weighted by atomic mass is 10.2. The van der Waals surface area contributed by atoms with E-state index in [9.17, 15) is 0 Å². The molecule has 106 valence electrons. The van der Waals surface area contributed by atoms with E-state index < -0.39 is 0 Å². The van der Waals surface area contributed by atoms with E-state index in [1.54, 1.807) is 0 Å². The summed E-state index contributed by atoms with van der Waals surface area (Å²) in [6, 6.07) is 10.4. The van der Waals surface area contributed by atoms with E-state index in [-0.39, 0.29) is 0 Å². The van der Waals surface area contributed by atoms with Gasteiger partial charge in [0.2, 0.25) is 0 Å². The predicted molar refractivity (Wildman–Crippen MR) is 82.3 cm³/mol. The van der Waals surface area contributed by atoms with Crippen LogP contribution in [0, 0.1) is 4.77 Å². The molecule has 4 nitrogen and oxygen atoms in total. The number of hydrogen-bond donors (Lipinski definition) is 1. The number of rotatable bonds is 4. The minimum absolute atomic E-state index is 0.789. The number of aromatic nitrogens is 2. The molecule has 0 bridgehead atoms. The van der Waals surface area contributed by atoms with E-state index in [0.29, 0.717) is 0 Å². The standard InChI is InChI=1S/C15H19N3OS/c20-15-16-12-14(13-4-2-1-3-5-13)18(15)7-6-17-8-10-19-11-9-17/h1-5,12H,6-11H2,(H,16,20). The number of morpholine rings is 1. The van der Waals surface area contributed by atoms with Crippen LogP contribution in [0.2, 0.25) is 0 Å². The Morgan fingerprint density at radius 3 is 2.60 bits per heavy atom. The number of nitrogens with one attached hydrogen (secondary N) is 1. The van der Waals surface area contributed by atoms with Crippen molar-refractivity contribution in [3.8, 4) is 11.3 Å². The van der Waals surface area contributed by atoms with Crippen LogP contribution < -0.4 is 0 Å². The van der Waals surface area contributed by atoms with Crippen molar-refractivity contribution in [2.45, 2.75) is 6.54 Å². The maximum absolute atomic E-state index is 5.40. The second-order valence-corrected chi connectivity index (χ2v) is 5.34. The highest BCUT2D eigenvalue weighted by molar-refractivity contribution is 7.71. The van der Waals surface area contributed by atoms with Crippen molar-refractivity contribution >= 4 is 12.2 Å². The number of ether oxygens (including phenoxy) is 1. The molecule has 0 unspecified atom stereocenters. The molecule has 1 aliphatic heterocycles. The van der Waals surface area contributed by atoms with Crippen molar-refractivity contribution in [3.63, 3.8) is 0 Å². The fraction of sp³-hybridized carbons (Fsp3) is 0.400.